The van der Waals surface area contributed by atoms with Crippen LogP contribution in [0.4, 0.5) is 5.13 Å². The molecule has 7 heteroatoms. The van der Waals surface area contributed by atoms with E-state index in [2.05, 4.69) is 15.0 Å². The monoisotopic (exact) mass is 312 g/mol. The number of hydrogen-bond donors (Lipinski definition) is 2. The molecule has 20 heavy (non-hydrogen) atoms. The first kappa shape index (κ1) is 14.8. The number of carbonyl (C=O) groups is 1. The molecule has 2 aromatic rings. The Morgan fingerprint density at radius 1 is 1.50 bits per heavy atom. The van der Waals surface area contributed by atoms with Gasteiger partial charge < -0.3 is 15.2 Å². The van der Waals surface area contributed by atoms with E-state index in [1.165, 1.54) is 7.11 Å². The van der Waals surface area contributed by atoms with E-state index < -0.39 is 5.97 Å². The third kappa shape index (κ3) is 3.27. The highest BCUT2D eigenvalue weighted by atomic mass is 35.5. The van der Waals surface area contributed by atoms with Crippen LogP contribution in [0.2, 0.25) is 5.15 Å². The Morgan fingerprint density at radius 2 is 2.20 bits per heavy atom. The number of aliphatic hydroxyl groups excluding tert-OH is 1. The van der Waals surface area contributed by atoms with Crippen molar-refractivity contribution in [1.82, 2.24) is 4.98 Å². The molecule has 1 atom stereocenters. The van der Waals surface area contributed by atoms with Crippen molar-refractivity contribution >= 4 is 34.0 Å². The van der Waals surface area contributed by atoms with Crippen molar-refractivity contribution in [1.29, 1.82) is 0 Å². The Morgan fingerprint density at radius 3 is 2.80 bits per heavy atom. The van der Waals surface area contributed by atoms with E-state index in [0.29, 0.717) is 5.13 Å². The van der Waals surface area contributed by atoms with E-state index in [0.717, 1.165) is 16.9 Å². The highest BCUT2D eigenvalue weighted by molar-refractivity contribution is 7.18. The van der Waals surface area contributed by atoms with E-state index in [9.17, 15) is 9.90 Å². The fourth-order valence-electron chi connectivity index (χ4n) is 1.65. The summed E-state index contributed by atoms with van der Waals surface area (Å²) in [6.07, 6.45) is 0. The lowest BCUT2D eigenvalue weighted by molar-refractivity contribution is 0.0606. The summed E-state index contributed by atoms with van der Waals surface area (Å²) >= 11 is 6.98. The summed E-state index contributed by atoms with van der Waals surface area (Å²) in [5, 5.41) is 13.1. The number of rotatable bonds is 5. The van der Waals surface area contributed by atoms with Crippen molar-refractivity contribution in [2.75, 3.05) is 19.0 Å². The largest absolute Gasteiger partial charge is 0.465 e. The maximum Gasteiger partial charge on any atom is 0.351 e. The molecule has 2 N–H and O–H groups in total. The number of halogens is 1. The number of nitrogens with zero attached hydrogens (tertiary/aromatic N) is 1. The van der Waals surface area contributed by atoms with Gasteiger partial charge in [0.15, 0.2) is 15.2 Å². The average Bonchev–Trinajstić information content (AvgIpc) is 2.85. The molecule has 0 fully saturated rings. The van der Waals surface area contributed by atoms with Gasteiger partial charge in [0.1, 0.15) is 0 Å². The fourth-order valence-corrected chi connectivity index (χ4v) is 2.81. The van der Waals surface area contributed by atoms with Gasteiger partial charge in [0.2, 0.25) is 0 Å². The number of ether oxygens (including phenoxy) is 1. The summed E-state index contributed by atoms with van der Waals surface area (Å²) in [6.45, 7) is -0.102. The zero-order chi connectivity index (χ0) is 14.5. The molecule has 106 valence electrons. The number of aliphatic hydroxyl groups is 1. The highest BCUT2D eigenvalue weighted by Gasteiger charge is 2.19. The van der Waals surface area contributed by atoms with Gasteiger partial charge in [0.25, 0.3) is 0 Å². The lowest BCUT2D eigenvalue weighted by Gasteiger charge is -2.15. The SMILES string of the molecule is COC(=O)c1sc(NC(CO)c2ccccc2)nc1Cl. The standard InChI is InChI=1S/C13H13ClN2O3S/c1-19-12(18)10-11(14)16-13(20-10)15-9(7-17)8-5-3-2-4-6-8/h2-6,9,17H,7H2,1H3,(H,15,16). The molecular weight excluding hydrogens is 300 g/mol. The van der Waals surface area contributed by atoms with E-state index >= 15 is 0 Å². The quantitative estimate of drug-likeness (QED) is 0.831. The summed E-state index contributed by atoms with van der Waals surface area (Å²) in [4.78, 5) is 15.8. The molecule has 5 nitrogen and oxygen atoms in total. The van der Waals surface area contributed by atoms with Gasteiger partial charge in [-0.3, -0.25) is 0 Å². The van der Waals surface area contributed by atoms with Gasteiger partial charge in [0.05, 0.1) is 19.8 Å². The Hall–Kier alpha value is -1.63. The minimum atomic E-state index is -0.527. The molecule has 0 aliphatic heterocycles. The highest BCUT2D eigenvalue weighted by Crippen LogP contribution is 2.30. The minimum Gasteiger partial charge on any atom is -0.465 e. The number of hydrogen-bond acceptors (Lipinski definition) is 6. The number of thiazole rings is 1. The number of esters is 1. The van der Waals surface area contributed by atoms with Crippen LogP contribution in [-0.4, -0.2) is 29.8 Å². The smallest absolute Gasteiger partial charge is 0.351 e. The van der Waals surface area contributed by atoms with Gasteiger partial charge in [-0.05, 0) is 5.56 Å². The second-order valence-corrected chi connectivity index (χ2v) is 5.28. The van der Waals surface area contributed by atoms with Crippen LogP contribution in [0.25, 0.3) is 0 Å². The van der Waals surface area contributed by atoms with Crippen LogP contribution in [0.3, 0.4) is 0 Å². The molecule has 1 unspecified atom stereocenters. The first-order chi connectivity index (χ1) is 9.65. The number of anilines is 1. The van der Waals surface area contributed by atoms with Crippen molar-refractivity contribution in [2.24, 2.45) is 0 Å². The van der Waals surface area contributed by atoms with Crippen LogP contribution < -0.4 is 5.32 Å². The van der Waals surface area contributed by atoms with Crippen LogP contribution in [0.15, 0.2) is 30.3 Å². The van der Waals surface area contributed by atoms with Crippen LogP contribution in [0.5, 0.6) is 0 Å². The molecule has 0 saturated heterocycles. The van der Waals surface area contributed by atoms with Crippen molar-refractivity contribution in [3.63, 3.8) is 0 Å². The van der Waals surface area contributed by atoms with Crippen LogP contribution >= 0.6 is 22.9 Å². The minimum absolute atomic E-state index is 0.0918. The zero-order valence-corrected chi connectivity index (χ0v) is 12.2. The van der Waals surface area contributed by atoms with Crippen molar-refractivity contribution in [3.05, 3.63) is 45.9 Å². The van der Waals surface area contributed by atoms with Gasteiger partial charge in [-0.15, -0.1) is 0 Å². The molecule has 1 aromatic heterocycles. The van der Waals surface area contributed by atoms with Crippen LogP contribution in [0.1, 0.15) is 21.3 Å². The van der Waals surface area contributed by atoms with Crippen molar-refractivity contribution in [2.45, 2.75) is 6.04 Å². The molecule has 0 spiro atoms. The summed E-state index contributed by atoms with van der Waals surface area (Å²) in [6, 6.07) is 9.13. The molecule has 1 heterocycles. The van der Waals surface area contributed by atoms with Crippen LogP contribution in [-0.2, 0) is 4.74 Å². The molecule has 0 aliphatic rings. The molecular formula is C13H13ClN2O3S. The van der Waals surface area contributed by atoms with E-state index in [1.54, 1.807) is 0 Å². The molecule has 0 radical (unpaired) electrons. The van der Waals surface area contributed by atoms with E-state index in [4.69, 9.17) is 11.6 Å². The first-order valence-electron chi connectivity index (χ1n) is 5.82. The Balaban J connectivity index is 2.18. The summed E-state index contributed by atoms with van der Waals surface area (Å²) in [5.74, 6) is -0.527. The zero-order valence-electron chi connectivity index (χ0n) is 10.7. The van der Waals surface area contributed by atoms with Gasteiger partial charge in [-0.25, -0.2) is 9.78 Å². The number of carbonyl (C=O) groups excluding carboxylic acids is 1. The van der Waals surface area contributed by atoms with E-state index in [-0.39, 0.29) is 22.7 Å². The Labute approximate surface area is 125 Å². The molecule has 1 aromatic carbocycles. The predicted octanol–water partition coefficient (Wildman–Crippen LogP) is 2.73. The maximum atomic E-state index is 11.5. The fraction of sp³-hybridized carbons (Fsp3) is 0.231. The topological polar surface area (TPSA) is 71.5 Å². The van der Waals surface area contributed by atoms with Gasteiger partial charge in [-0.1, -0.05) is 53.3 Å². The van der Waals surface area contributed by atoms with Gasteiger partial charge in [0, 0.05) is 0 Å². The Bertz CT molecular complexity index is 589. The summed E-state index contributed by atoms with van der Waals surface area (Å²) in [5.41, 5.74) is 0.918. The van der Waals surface area contributed by atoms with E-state index in [1.807, 2.05) is 30.3 Å². The predicted molar refractivity (Wildman–Crippen MR) is 78.4 cm³/mol. The molecule has 0 amide bonds. The molecule has 0 aliphatic carbocycles. The Kier molecular flexibility index (Phi) is 4.94. The van der Waals surface area contributed by atoms with Crippen molar-refractivity contribution < 1.29 is 14.6 Å². The van der Waals surface area contributed by atoms with Gasteiger partial charge in [-0.2, -0.15) is 0 Å². The molecule has 0 bridgehead atoms. The third-order valence-electron chi connectivity index (χ3n) is 2.64. The third-order valence-corrected chi connectivity index (χ3v) is 3.99. The lowest BCUT2D eigenvalue weighted by Crippen LogP contribution is -2.14. The average molecular weight is 313 g/mol. The second-order valence-electron chi connectivity index (χ2n) is 3.92. The number of aromatic nitrogens is 1. The summed E-state index contributed by atoms with van der Waals surface area (Å²) in [7, 11) is 1.28. The maximum absolute atomic E-state index is 11.5. The number of methoxy groups -OCH3 is 1. The normalized spacial score (nSPS) is 11.9. The number of nitrogens with one attached hydrogen (secondary N) is 1. The molecule has 2 rings (SSSR count). The van der Waals surface area contributed by atoms with Gasteiger partial charge >= 0.3 is 5.97 Å². The first-order valence-corrected chi connectivity index (χ1v) is 7.02. The van der Waals surface area contributed by atoms with Crippen LogP contribution in [0, 0.1) is 0 Å². The second kappa shape index (κ2) is 6.69. The van der Waals surface area contributed by atoms with Crippen molar-refractivity contribution in [3.8, 4) is 0 Å². The lowest BCUT2D eigenvalue weighted by atomic mass is 10.1. The summed E-state index contributed by atoms with van der Waals surface area (Å²) < 4.78 is 4.62. The number of benzene rings is 1. The molecule has 0 saturated carbocycles.